The van der Waals surface area contributed by atoms with Crippen molar-refractivity contribution in [3.05, 3.63) is 26.6 Å². The average molecular weight is 439 g/mol. The molecule has 0 radical (unpaired) electrons. The molecule has 0 saturated heterocycles. The molecule has 2 atom stereocenters. The smallest absolute Gasteiger partial charge is 0.211 e. The summed E-state index contributed by atoms with van der Waals surface area (Å²) < 4.78 is 29.2. The Morgan fingerprint density at radius 1 is 1.19 bits per heavy atom. The van der Waals surface area contributed by atoms with Crippen LogP contribution in [-0.2, 0) is 10.0 Å². The van der Waals surface area contributed by atoms with Crippen LogP contribution in [0.4, 0.5) is 0 Å². The standard InChI is InChI=1S/C15H21Br2NO2S/c1-10-5-3-4-6-12(10)9-18-21(19,20)15-8-13(16)11(2)7-14(15)17/h7-8,10,12,18H,3-6,9H2,1-2H3. The van der Waals surface area contributed by atoms with Gasteiger partial charge in [0.1, 0.15) is 0 Å². The van der Waals surface area contributed by atoms with Gasteiger partial charge in [-0.15, -0.1) is 0 Å². The predicted molar refractivity (Wildman–Crippen MR) is 92.9 cm³/mol. The molecule has 0 aliphatic heterocycles. The van der Waals surface area contributed by atoms with E-state index in [4.69, 9.17) is 0 Å². The van der Waals surface area contributed by atoms with Crippen LogP contribution < -0.4 is 4.72 Å². The maximum absolute atomic E-state index is 12.5. The topological polar surface area (TPSA) is 46.2 Å². The van der Waals surface area contributed by atoms with Crippen molar-refractivity contribution in [3.63, 3.8) is 0 Å². The van der Waals surface area contributed by atoms with Crippen molar-refractivity contribution in [1.29, 1.82) is 0 Å². The van der Waals surface area contributed by atoms with Gasteiger partial charge in [-0.3, -0.25) is 0 Å². The summed E-state index contributed by atoms with van der Waals surface area (Å²) >= 11 is 6.75. The molecule has 118 valence electrons. The predicted octanol–water partition coefficient (Wildman–Crippen LogP) is 4.62. The number of hydrogen-bond acceptors (Lipinski definition) is 2. The molecule has 1 aromatic rings. The lowest BCUT2D eigenvalue weighted by Gasteiger charge is -2.28. The first-order valence-electron chi connectivity index (χ1n) is 7.26. The largest absolute Gasteiger partial charge is 0.241 e. The Kier molecular flexibility index (Phi) is 5.91. The van der Waals surface area contributed by atoms with Gasteiger partial charge in [0.2, 0.25) is 10.0 Å². The normalized spacial score (nSPS) is 23.2. The molecule has 2 unspecified atom stereocenters. The van der Waals surface area contributed by atoms with Crippen LogP contribution in [0.2, 0.25) is 0 Å². The second-order valence-electron chi connectivity index (χ2n) is 5.91. The molecular formula is C15H21Br2NO2S. The van der Waals surface area contributed by atoms with Crippen LogP contribution >= 0.6 is 31.9 Å². The minimum absolute atomic E-state index is 0.295. The fraction of sp³-hybridized carbons (Fsp3) is 0.600. The molecular weight excluding hydrogens is 418 g/mol. The highest BCUT2D eigenvalue weighted by Crippen LogP contribution is 2.31. The monoisotopic (exact) mass is 437 g/mol. The third-order valence-corrected chi connectivity index (χ3v) is 7.56. The van der Waals surface area contributed by atoms with Crippen LogP contribution in [-0.4, -0.2) is 15.0 Å². The first-order valence-corrected chi connectivity index (χ1v) is 10.3. The van der Waals surface area contributed by atoms with E-state index in [1.807, 2.05) is 13.0 Å². The highest BCUT2D eigenvalue weighted by Gasteiger charge is 2.25. The van der Waals surface area contributed by atoms with Crippen molar-refractivity contribution < 1.29 is 8.42 Å². The number of rotatable bonds is 4. The number of sulfonamides is 1. The molecule has 0 bridgehead atoms. The summed E-state index contributed by atoms with van der Waals surface area (Å²) in [7, 11) is -3.48. The SMILES string of the molecule is Cc1cc(Br)c(S(=O)(=O)NCC2CCCCC2C)cc1Br. The Labute approximate surface area is 144 Å². The molecule has 1 aliphatic carbocycles. The molecule has 0 aromatic heterocycles. The van der Waals surface area contributed by atoms with Gasteiger partial charge in [-0.05, 0) is 58.8 Å². The van der Waals surface area contributed by atoms with Crippen LogP contribution in [0.3, 0.4) is 0 Å². The average Bonchev–Trinajstić information content (AvgIpc) is 2.42. The van der Waals surface area contributed by atoms with Gasteiger partial charge >= 0.3 is 0 Å². The first kappa shape index (κ1) is 17.4. The minimum atomic E-state index is -3.48. The summed E-state index contributed by atoms with van der Waals surface area (Å²) in [5.41, 5.74) is 1.00. The van der Waals surface area contributed by atoms with E-state index in [2.05, 4.69) is 43.5 Å². The molecule has 0 spiro atoms. The molecule has 21 heavy (non-hydrogen) atoms. The van der Waals surface area contributed by atoms with Gasteiger partial charge in [0.05, 0.1) is 4.90 Å². The zero-order chi connectivity index (χ0) is 15.6. The number of halogens is 2. The van der Waals surface area contributed by atoms with Gasteiger partial charge < -0.3 is 0 Å². The van der Waals surface area contributed by atoms with Gasteiger partial charge in [0, 0.05) is 15.5 Å². The summed E-state index contributed by atoms with van der Waals surface area (Å²) in [6.07, 6.45) is 4.78. The van der Waals surface area contributed by atoms with Crippen LogP contribution in [0.15, 0.2) is 26.0 Å². The van der Waals surface area contributed by atoms with E-state index >= 15 is 0 Å². The molecule has 1 saturated carbocycles. The molecule has 1 aliphatic rings. The Bertz CT molecular complexity index is 616. The second kappa shape index (κ2) is 7.11. The van der Waals surface area contributed by atoms with Crippen molar-refractivity contribution in [2.24, 2.45) is 11.8 Å². The summed E-state index contributed by atoms with van der Waals surface area (Å²) in [6.45, 7) is 4.68. The Morgan fingerprint density at radius 3 is 2.52 bits per heavy atom. The Balaban J connectivity index is 2.13. The molecule has 0 heterocycles. The Hall–Kier alpha value is 0.0900. The van der Waals surface area contributed by atoms with Gasteiger partial charge in [-0.1, -0.05) is 42.1 Å². The number of aryl methyl sites for hydroxylation is 1. The van der Waals surface area contributed by atoms with E-state index in [1.165, 1.54) is 19.3 Å². The fourth-order valence-corrected chi connectivity index (χ4v) is 5.59. The quantitative estimate of drug-likeness (QED) is 0.744. The maximum Gasteiger partial charge on any atom is 0.241 e. The van der Waals surface area contributed by atoms with E-state index in [9.17, 15) is 8.42 Å². The van der Waals surface area contributed by atoms with Crippen molar-refractivity contribution in [3.8, 4) is 0 Å². The fourth-order valence-electron chi connectivity index (χ4n) is 2.82. The van der Waals surface area contributed by atoms with Crippen molar-refractivity contribution in [2.45, 2.75) is 44.4 Å². The molecule has 1 fully saturated rings. The summed E-state index contributed by atoms with van der Waals surface area (Å²) in [5, 5.41) is 0. The number of hydrogen-bond donors (Lipinski definition) is 1. The number of benzene rings is 1. The molecule has 1 N–H and O–H groups in total. The van der Waals surface area contributed by atoms with Crippen LogP contribution in [0, 0.1) is 18.8 Å². The van der Waals surface area contributed by atoms with Gasteiger partial charge in [-0.25, -0.2) is 13.1 Å². The van der Waals surface area contributed by atoms with Crippen molar-refractivity contribution in [1.82, 2.24) is 4.72 Å². The van der Waals surface area contributed by atoms with E-state index in [0.717, 1.165) is 16.5 Å². The van der Waals surface area contributed by atoms with Crippen LogP contribution in [0.5, 0.6) is 0 Å². The lowest BCUT2D eigenvalue weighted by atomic mass is 9.81. The molecule has 0 amide bonds. The first-order chi connectivity index (χ1) is 9.81. The highest BCUT2D eigenvalue weighted by atomic mass is 79.9. The van der Waals surface area contributed by atoms with E-state index in [1.54, 1.807) is 6.07 Å². The zero-order valence-electron chi connectivity index (χ0n) is 12.3. The zero-order valence-corrected chi connectivity index (χ0v) is 16.3. The van der Waals surface area contributed by atoms with Crippen LogP contribution in [0.25, 0.3) is 0 Å². The number of nitrogens with one attached hydrogen (secondary N) is 1. The lowest BCUT2D eigenvalue weighted by Crippen LogP contribution is -2.33. The van der Waals surface area contributed by atoms with Crippen molar-refractivity contribution >= 4 is 41.9 Å². The molecule has 6 heteroatoms. The van der Waals surface area contributed by atoms with Gasteiger partial charge in [0.15, 0.2) is 0 Å². The van der Waals surface area contributed by atoms with Crippen molar-refractivity contribution in [2.75, 3.05) is 6.54 Å². The molecule has 1 aromatic carbocycles. The second-order valence-corrected chi connectivity index (χ2v) is 9.35. The van der Waals surface area contributed by atoms with Gasteiger partial charge in [-0.2, -0.15) is 0 Å². The summed E-state index contributed by atoms with van der Waals surface area (Å²) in [6, 6.07) is 3.48. The third-order valence-electron chi connectivity index (χ3n) is 4.33. The summed E-state index contributed by atoms with van der Waals surface area (Å²) in [4.78, 5) is 0.295. The van der Waals surface area contributed by atoms with E-state index < -0.39 is 10.0 Å². The van der Waals surface area contributed by atoms with Gasteiger partial charge in [0.25, 0.3) is 0 Å². The lowest BCUT2D eigenvalue weighted by molar-refractivity contribution is 0.257. The van der Waals surface area contributed by atoms with Crippen LogP contribution in [0.1, 0.15) is 38.2 Å². The third kappa shape index (κ3) is 4.30. The molecule has 2 rings (SSSR count). The molecule has 3 nitrogen and oxygen atoms in total. The maximum atomic E-state index is 12.5. The van der Waals surface area contributed by atoms with E-state index in [-0.39, 0.29) is 0 Å². The minimum Gasteiger partial charge on any atom is -0.211 e. The Morgan fingerprint density at radius 2 is 1.86 bits per heavy atom. The summed E-state index contributed by atoms with van der Waals surface area (Å²) in [5.74, 6) is 1.04. The highest BCUT2D eigenvalue weighted by molar-refractivity contribution is 9.11. The van der Waals surface area contributed by atoms with E-state index in [0.29, 0.717) is 27.7 Å².